The maximum atomic E-state index is 11.7. The number of alkyl halides is 2. The van der Waals surface area contributed by atoms with Crippen LogP contribution in [0.5, 0.6) is 0 Å². The van der Waals surface area contributed by atoms with Gasteiger partial charge in [-0.25, -0.2) is 13.6 Å². The van der Waals surface area contributed by atoms with E-state index in [1.54, 1.807) is 0 Å². The van der Waals surface area contributed by atoms with Crippen LogP contribution in [0.1, 0.15) is 26.7 Å². The minimum absolute atomic E-state index is 0.551. The minimum Gasteiger partial charge on any atom is -0.443 e. The molecule has 5 heteroatoms. The van der Waals surface area contributed by atoms with Crippen molar-refractivity contribution in [1.82, 2.24) is 4.90 Å². The van der Waals surface area contributed by atoms with Gasteiger partial charge in [0.25, 0.3) is 6.43 Å². The van der Waals surface area contributed by atoms with E-state index >= 15 is 0 Å². The SMILES string of the molecule is CCCN(CCC)C(=O)OCC(F)F. The summed E-state index contributed by atoms with van der Waals surface area (Å²) in [6, 6.07) is 0. The third-order valence-electron chi connectivity index (χ3n) is 1.58. The smallest absolute Gasteiger partial charge is 0.409 e. The van der Waals surface area contributed by atoms with Crippen molar-refractivity contribution >= 4 is 6.09 Å². The molecule has 0 saturated heterocycles. The predicted molar refractivity (Wildman–Crippen MR) is 49.5 cm³/mol. The third kappa shape index (κ3) is 5.72. The summed E-state index contributed by atoms with van der Waals surface area (Å²) in [5.74, 6) is 0. The zero-order valence-electron chi connectivity index (χ0n) is 8.63. The van der Waals surface area contributed by atoms with Gasteiger partial charge in [0.15, 0.2) is 6.61 Å². The van der Waals surface area contributed by atoms with Crippen LogP contribution < -0.4 is 0 Å². The van der Waals surface area contributed by atoms with Gasteiger partial charge in [0.2, 0.25) is 0 Å². The van der Waals surface area contributed by atoms with E-state index in [2.05, 4.69) is 4.74 Å². The number of halogens is 2. The molecular weight excluding hydrogens is 192 g/mol. The highest BCUT2D eigenvalue weighted by molar-refractivity contribution is 5.67. The number of hydrogen-bond acceptors (Lipinski definition) is 2. The lowest BCUT2D eigenvalue weighted by atomic mass is 10.4. The highest BCUT2D eigenvalue weighted by Crippen LogP contribution is 2.00. The lowest BCUT2D eigenvalue weighted by Crippen LogP contribution is -2.33. The van der Waals surface area contributed by atoms with E-state index in [4.69, 9.17) is 0 Å². The van der Waals surface area contributed by atoms with E-state index < -0.39 is 19.1 Å². The Morgan fingerprint density at radius 3 is 2.14 bits per heavy atom. The summed E-state index contributed by atoms with van der Waals surface area (Å²) in [4.78, 5) is 12.6. The van der Waals surface area contributed by atoms with Crippen LogP contribution in [-0.2, 0) is 4.74 Å². The van der Waals surface area contributed by atoms with Gasteiger partial charge in [-0.3, -0.25) is 0 Å². The number of carbonyl (C=O) groups is 1. The first kappa shape index (κ1) is 13.1. The number of carbonyl (C=O) groups excluding carboxylic acids is 1. The molecule has 0 saturated carbocycles. The summed E-state index contributed by atoms with van der Waals surface area (Å²) in [5.41, 5.74) is 0. The van der Waals surface area contributed by atoms with Gasteiger partial charge < -0.3 is 9.64 Å². The first-order valence-corrected chi connectivity index (χ1v) is 4.81. The van der Waals surface area contributed by atoms with E-state index in [9.17, 15) is 13.6 Å². The highest BCUT2D eigenvalue weighted by Gasteiger charge is 2.14. The van der Waals surface area contributed by atoms with E-state index in [1.165, 1.54) is 4.90 Å². The van der Waals surface area contributed by atoms with Gasteiger partial charge in [-0.1, -0.05) is 13.8 Å². The lowest BCUT2D eigenvalue weighted by molar-refractivity contribution is 0.0318. The van der Waals surface area contributed by atoms with E-state index in [0.29, 0.717) is 13.1 Å². The molecule has 0 rings (SSSR count). The van der Waals surface area contributed by atoms with Gasteiger partial charge in [-0.05, 0) is 12.8 Å². The normalized spacial score (nSPS) is 10.4. The lowest BCUT2D eigenvalue weighted by Gasteiger charge is -2.20. The monoisotopic (exact) mass is 209 g/mol. The Morgan fingerprint density at radius 1 is 1.29 bits per heavy atom. The zero-order chi connectivity index (χ0) is 11.0. The van der Waals surface area contributed by atoms with Gasteiger partial charge in [0.05, 0.1) is 0 Å². The molecule has 0 bridgehead atoms. The Labute approximate surface area is 83.0 Å². The Balaban J connectivity index is 3.88. The fourth-order valence-corrected chi connectivity index (χ4v) is 1.06. The van der Waals surface area contributed by atoms with Gasteiger partial charge in [-0.15, -0.1) is 0 Å². The number of rotatable bonds is 6. The van der Waals surface area contributed by atoms with E-state index in [-0.39, 0.29) is 0 Å². The molecule has 14 heavy (non-hydrogen) atoms. The Kier molecular flexibility index (Phi) is 7.06. The average molecular weight is 209 g/mol. The molecule has 0 unspecified atom stereocenters. The number of amides is 1. The minimum atomic E-state index is -2.59. The second-order valence-electron chi connectivity index (χ2n) is 2.96. The van der Waals surface area contributed by atoms with Gasteiger partial charge >= 0.3 is 6.09 Å². The Hall–Kier alpha value is -0.870. The molecule has 0 spiro atoms. The third-order valence-corrected chi connectivity index (χ3v) is 1.58. The van der Waals surface area contributed by atoms with Gasteiger partial charge in [0, 0.05) is 13.1 Å². The van der Waals surface area contributed by atoms with Crippen molar-refractivity contribution in [3.05, 3.63) is 0 Å². The van der Waals surface area contributed by atoms with Crippen LogP contribution in [0.3, 0.4) is 0 Å². The van der Waals surface area contributed by atoms with Gasteiger partial charge in [-0.2, -0.15) is 0 Å². The van der Waals surface area contributed by atoms with Crippen molar-refractivity contribution in [2.75, 3.05) is 19.7 Å². The van der Waals surface area contributed by atoms with Crippen LogP contribution in [-0.4, -0.2) is 37.1 Å². The Bertz CT molecular complexity index is 159. The summed E-state index contributed by atoms with van der Waals surface area (Å²) in [6.45, 7) is 4.13. The molecular formula is C9H17F2NO2. The van der Waals surface area contributed by atoms with E-state index in [1.807, 2.05) is 13.8 Å². The zero-order valence-corrected chi connectivity index (χ0v) is 8.63. The molecule has 0 aliphatic carbocycles. The van der Waals surface area contributed by atoms with Crippen molar-refractivity contribution in [1.29, 1.82) is 0 Å². The van der Waals surface area contributed by atoms with Crippen LogP contribution in [0.25, 0.3) is 0 Å². The topological polar surface area (TPSA) is 29.5 Å². The maximum Gasteiger partial charge on any atom is 0.409 e. The van der Waals surface area contributed by atoms with Crippen LogP contribution in [0.15, 0.2) is 0 Å². The van der Waals surface area contributed by atoms with Crippen molar-refractivity contribution in [3.8, 4) is 0 Å². The molecule has 0 heterocycles. The van der Waals surface area contributed by atoms with E-state index in [0.717, 1.165) is 12.8 Å². The van der Waals surface area contributed by atoms with Crippen molar-refractivity contribution < 1.29 is 18.3 Å². The summed E-state index contributed by atoms with van der Waals surface area (Å²) in [7, 11) is 0. The van der Waals surface area contributed by atoms with Gasteiger partial charge in [0.1, 0.15) is 0 Å². The second kappa shape index (κ2) is 7.53. The van der Waals surface area contributed by atoms with Crippen LogP contribution in [0.2, 0.25) is 0 Å². The molecule has 0 aromatic carbocycles. The molecule has 0 N–H and O–H groups in total. The first-order chi connectivity index (χ1) is 6.61. The summed E-state index contributed by atoms with van der Waals surface area (Å²) < 4.78 is 27.9. The molecule has 0 aromatic rings. The Morgan fingerprint density at radius 2 is 1.79 bits per heavy atom. The molecule has 0 aromatic heterocycles. The second-order valence-corrected chi connectivity index (χ2v) is 2.96. The number of ether oxygens (including phenoxy) is 1. The van der Waals surface area contributed by atoms with Crippen LogP contribution in [0.4, 0.5) is 13.6 Å². The molecule has 0 atom stereocenters. The fraction of sp³-hybridized carbons (Fsp3) is 0.889. The van der Waals surface area contributed by atoms with Crippen LogP contribution in [0, 0.1) is 0 Å². The number of nitrogens with zero attached hydrogens (tertiary/aromatic N) is 1. The summed E-state index contributed by atoms with van der Waals surface area (Å²) in [5, 5.41) is 0. The molecule has 84 valence electrons. The molecule has 0 aliphatic rings. The van der Waals surface area contributed by atoms with Crippen LogP contribution >= 0.6 is 0 Å². The highest BCUT2D eigenvalue weighted by atomic mass is 19.3. The van der Waals surface area contributed by atoms with Crippen molar-refractivity contribution in [2.45, 2.75) is 33.1 Å². The average Bonchev–Trinajstić information content (AvgIpc) is 2.14. The number of hydrogen-bond donors (Lipinski definition) is 0. The van der Waals surface area contributed by atoms with Crippen molar-refractivity contribution in [2.24, 2.45) is 0 Å². The fourth-order valence-electron chi connectivity index (χ4n) is 1.06. The molecule has 0 radical (unpaired) electrons. The summed E-state index contributed by atoms with van der Waals surface area (Å²) >= 11 is 0. The molecule has 0 aliphatic heterocycles. The van der Waals surface area contributed by atoms with Crippen molar-refractivity contribution in [3.63, 3.8) is 0 Å². The largest absolute Gasteiger partial charge is 0.443 e. The molecule has 3 nitrogen and oxygen atoms in total. The predicted octanol–water partition coefficient (Wildman–Crippen LogP) is 2.51. The molecule has 1 amide bonds. The maximum absolute atomic E-state index is 11.7. The standard InChI is InChI=1S/C9H17F2NO2/c1-3-5-12(6-4-2)9(13)14-7-8(10)11/h8H,3-7H2,1-2H3. The first-order valence-electron chi connectivity index (χ1n) is 4.81. The quantitative estimate of drug-likeness (QED) is 0.672. The summed E-state index contributed by atoms with van der Waals surface area (Å²) in [6.07, 6.45) is -1.65. The molecule has 0 fully saturated rings.